The van der Waals surface area contributed by atoms with E-state index >= 15 is 0 Å². The summed E-state index contributed by atoms with van der Waals surface area (Å²) in [4.78, 5) is 10.4. The van der Waals surface area contributed by atoms with Crippen molar-refractivity contribution in [2.24, 2.45) is 5.41 Å². The van der Waals surface area contributed by atoms with Gasteiger partial charge in [0.1, 0.15) is 0 Å². The van der Waals surface area contributed by atoms with Crippen LogP contribution in [0.3, 0.4) is 0 Å². The van der Waals surface area contributed by atoms with Gasteiger partial charge in [0.05, 0.1) is 31.5 Å². The van der Waals surface area contributed by atoms with E-state index in [0.29, 0.717) is 18.4 Å². The quantitative estimate of drug-likeness (QED) is 0.636. The zero-order chi connectivity index (χ0) is 10.6. The topological polar surface area (TPSA) is 75.3 Å². The summed E-state index contributed by atoms with van der Waals surface area (Å²) in [6.07, 6.45) is 3.73. The fraction of sp³-hybridized carbons (Fsp3) is 0.556. The first kappa shape index (κ1) is 10.9. The lowest BCUT2D eigenvalue weighted by Crippen LogP contribution is -2.31. The maximum atomic E-state index is 10.4. The Kier molecular flexibility index (Phi) is 3.38. The third-order valence-electron chi connectivity index (χ3n) is 2.10. The molecule has 0 aliphatic rings. The van der Waals surface area contributed by atoms with Crippen molar-refractivity contribution in [2.45, 2.75) is 13.5 Å². The van der Waals surface area contributed by atoms with Crippen molar-refractivity contribution >= 4 is 6.29 Å². The summed E-state index contributed by atoms with van der Waals surface area (Å²) in [6, 6.07) is 0. The van der Waals surface area contributed by atoms with Crippen LogP contribution in [-0.2, 0) is 6.54 Å². The number of carbonyl (C=O) groups excluding carboxylic acids is 1. The van der Waals surface area contributed by atoms with Gasteiger partial charge in [0.2, 0.25) is 0 Å². The van der Waals surface area contributed by atoms with Gasteiger partial charge in [-0.25, -0.2) is 0 Å². The Morgan fingerprint density at radius 2 is 2.21 bits per heavy atom. The number of rotatable bonds is 5. The van der Waals surface area contributed by atoms with Gasteiger partial charge in [-0.2, -0.15) is 5.10 Å². The lowest BCUT2D eigenvalue weighted by Gasteiger charge is -2.24. The minimum Gasteiger partial charge on any atom is -0.396 e. The van der Waals surface area contributed by atoms with Crippen molar-refractivity contribution in [1.82, 2.24) is 9.78 Å². The van der Waals surface area contributed by atoms with Gasteiger partial charge in [0.15, 0.2) is 6.29 Å². The number of aromatic nitrogens is 2. The lowest BCUT2D eigenvalue weighted by atomic mass is 9.93. The summed E-state index contributed by atoms with van der Waals surface area (Å²) in [6.45, 7) is 1.88. The molecule has 1 rings (SSSR count). The first-order valence-electron chi connectivity index (χ1n) is 4.33. The van der Waals surface area contributed by atoms with Crippen molar-refractivity contribution in [3.63, 3.8) is 0 Å². The van der Waals surface area contributed by atoms with Crippen LogP contribution in [0.1, 0.15) is 17.3 Å². The van der Waals surface area contributed by atoms with E-state index < -0.39 is 5.41 Å². The van der Waals surface area contributed by atoms with E-state index in [4.69, 9.17) is 10.2 Å². The molecule has 0 amide bonds. The highest BCUT2D eigenvalue weighted by molar-refractivity contribution is 5.73. The number of aldehydes is 1. The molecule has 0 saturated carbocycles. The second-order valence-electron chi connectivity index (χ2n) is 3.72. The molecule has 1 aromatic heterocycles. The van der Waals surface area contributed by atoms with Crippen LogP contribution in [-0.4, -0.2) is 39.5 Å². The summed E-state index contributed by atoms with van der Waals surface area (Å²) < 4.78 is 1.54. The zero-order valence-corrected chi connectivity index (χ0v) is 8.05. The van der Waals surface area contributed by atoms with Crippen LogP contribution in [0.4, 0.5) is 0 Å². The first-order valence-corrected chi connectivity index (χ1v) is 4.33. The summed E-state index contributed by atoms with van der Waals surface area (Å²) in [5, 5.41) is 22.0. The van der Waals surface area contributed by atoms with Gasteiger partial charge >= 0.3 is 0 Å². The van der Waals surface area contributed by atoms with Gasteiger partial charge in [0.25, 0.3) is 0 Å². The molecule has 0 aliphatic heterocycles. The van der Waals surface area contributed by atoms with Crippen molar-refractivity contribution in [3.8, 4) is 0 Å². The molecular weight excluding hydrogens is 184 g/mol. The number of aliphatic hydroxyl groups excluding tert-OH is 2. The highest BCUT2D eigenvalue weighted by atomic mass is 16.3. The molecule has 78 valence electrons. The van der Waals surface area contributed by atoms with Crippen molar-refractivity contribution in [3.05, 3.63) is 18.0 Å². The van der Waals surface area contributed by atoms with E-state index in [1.807, 2.05) is 0 Å². The molecule has 0 unspecified atom stereocenters. The SMILES string of the molecule is CC(CO)(CO)Cn1cc(C=O)cn1. The van der Waals surface area contributed by atoms with Crippen molar-refractivity contribution in [1.29, 1.82) is 0 Å². The average Bonchev–Trinajstić information content (AvgIpc) is 2.65. The summed E-state index contributed by atoms with van der Waals surface area (Å²) in [5.74, 6) is 0. The van der Waals surface area contributed by atoms with Gasteiger partial charge in [-0.15, -0.1) is 0 Å². The molecule has 5 nitrogen and oxygen atoms in total. The predicted molar refractivity (Wildman–Crippen MR) is 49.9 cm³/mol. The largest absolute Gasteiger partial charge is 0.396 e. The fourth-order valence-corrected chi connectivity index (χ4v) is 1.07. The molecule has 1 aromatic rings. The van der Waals surface area contributed by atoms with Crippen LogP contribution in [0.15, 0.2) is 12.4 Å². The average molecular weight is 198 g/mol. The molecule has 2 N–H and O–H groups in total. The Labute approximate surface area is 82.0 Å². The zero-order valence-electron chi connectivity index (χ0n) is 8.05. The van der Waals surface area contributed by atoms with Crippen LogP contribution >= 0.6 is 0 Å². The van der Waals surface area contributed by atoms with E-state index in [9.17, 15) is 4.79 Å². The number of nitrogens with zero attached hydrogens (tertiary/aromatic N) is 2. The van der Waals surface area contributed by atoms with Crippen LogP contribution in [0, 0.1) is 5.41 Å². The molecule has 0 saturated heterocycles. The van der Waals surface area contributed by atoms with E-state index in [0.717, 1.165) is 0 Å². The van der Waals surface area contributed by atoms with Gasteiger partial charge in [-0.3, -0.25) is 9.48 Å². The standard InChI is InChI=1S/C9H14N2O3/c1-9(6-13,7-14)5-11-3-8(4-12)2-10-11/h2-4,13-14H,5-7H2,1H3. The third kappa shape index (κ3) is 2.40. The van der Waals surface area contributed by atoms with E-state index in [2.05, 4.69) is 5.10 Å². The summed E-state index contributed by atoms with van der Waals surface area (Å²) >= 11 is 0. The van der Waals surface area contributed by atoms with E-state index in [1.54, 1.807) is 13.1 Å². The Bertz CT molecular complexity index is 305. The van der Waals surface area contributed by atoms with Crippen LogP contribution in [0.2, 0.25) is 0 Å². The Balaban J connectivity index is 2.71. The molecule has 0 aromatic carbocycles. The molecule has 14 heavy (non-hydrogen) atoms. The van der Waals surface area contributed by atoms with Crippen LogP contribution in [0.25, 0.3) is 0 Å². The van der Waals surface area contributed by atoms with Gasteiger partial charge in [-0.05, 0) is 0 Å². The molecule has 0 atom stereocenters. The first-order chi connectivity index (χ1) is 6.63. The Hall–Kier alpha value is -1.20. The molecule has 0 radical (unpaired) electrons. The Morgan fingerprint density at radius 3 is 2.64 bits per heavy atom. The monoisotopic (exact) mass is 198 g/mol. The molecule has 5 heteroatoms. The number of hydrogen-bond acceptors (Lipinski definition) is 4. The second kappa shape index (κ2) is 4.34. The van der Waals surface area contributed by atoms with Crippen molar-refractivity contribution < 1.29 is 15.0 Å². The number of hydrogen-bond donors (Lipinski definition) is 2. The molecule has 0 fully saturated rings. The minimum absolute atomic E-state index is 0.125. The maximum absolute atomic E-state index is 10.4. The normalized spacial score (nSPS) is 11.6. The summed E-state index contributed by atoms with van der Waals surface area (Å²) in [5.41, 5.74) is -0.116. The lowest BCUT2D eigenvalue weighted by molar-refractivity contribution is 0.0524. The molecule has 0 spiro atoms. The molecule has 0 aliphatic carbocycles. The molecular formula is C9H14N2O3. The smallest absolute Gasteiger partial charge is 0.153 e. The van der Waals surface area contributed by atoms with E-state index in [-0.39, 0.29) is 13.2 Å². The van der Waals surface area contributed by atoms with Crippen LogP contribution in [0.5, 0.6) is 0 Å². The van der Waals surface area contributed by atoms with Crippen LogP contribution < -0.4 is 0 Å². The highest BCUT2D eigenvalue weighted by Gasteiger charge is 2.23. The predicted octanol–water partition coefficient (Wildman–Crippen LogP) is -0.314. The Morgan fingerprint density at radius 1 is 1.57 bits per heavy atom. The number of aliphatic hydroxyl groups is 2. The minimum atomic E-state index is -0.605. The van der Waals surface area contributed by atoms with E-state index in [1.165, 1.54) is 10.9 Å². The van der Waals surface area contributed by atoms with Gasteiger partial charge < -0.3 is 10.2 Å². The number of carbonyl (C=O) groups is 1. The van der Waals surface area contributed by atoms with Gasteiger partial charge in [0, 0.05) is 11.6 Å². The second-order valence-corrected chi connectivity index (χ2v) is 3.72. The third-order valence-corrected chi connectivity index (χ3v) is 2.10. The molecule has 1 heterocycles. The fourth-order valence-electron chi connectivity index (χ4n) is 1.07. The maximum Gasteiger partial charge on any atom is 0.153 e. The van der Waals surface area contributed by atoms with Crippen molar-refractivity contribution in [2.75, 3.05) is 13.2 Å². The summed E-state index contributed by atoms with van der Waals surface area (Å²) in [7, 11) is 0. The van der Waals surface area contributed by atoms with Gasteiger partial charge in [-0.1, -0.05) is 6.92 Å². The molecule has 0 bridgehead atoms. The highest BCUT2D eigenvalue weighted by Crippen LogP contribution is 2.16.